The quantitative estimate of drug-likeness (QED) is 0.636. The number of esters is 1. The third kappa shape index (κ3) is 3.86. The van der Waals surface area contributed by atoms with Crippen LogP contribution in [0.15, 0.2) is 0 Å². The summed E-state index contributed by atoms with van der Waals surface area (Å²) in [5.41, 5.74) is -0.259. The molecule has 0 N–H and O–H groups in total. The second-order valence-electron chi connectivity index (χ2n) is 9.69. The van der Waals surface area contributed by atoms with Gasteiger partial charge in [0.2, 0.25) is 5.91 Å². The number of nitrogens with zero attached hydrogens (tertiary/aromatic N) is 3. The fraction of sp³-hybridized carbons (Fsp3) is 0.818. The fourth-order valence-corrected chi connectivity index (χ4v) is 6.61. The van der Waals surface area contributed by atoms with Gasteiger partial charge < -0.3 is 14.5 Å². The minimum absolute atomic E-state index is 0.161. The van der Waals surface area contributed by atoms with Gasteiger partial charge >= 0.3 is 5.97 Å². The number of carbonyl (C=O) groups excluding carboxylic acids is 3. The van der Waals surface area contributed by atoms with E-state index in [9.17, 15) is 14.4 Å². The lowest BCUT2D eigenvalue weighted by Crippen LogP contribution is -2.56. The summed E-state index contributed by atoms with van der Waals surface area (Å²) in [7, 11) is 1.59. The summed E-state index contributed by atoms with van der Waals surface area (Å²) in [6.07, 6.45) is 8.43. The number of rotatable bonds is 6. The molecule has 1 heterocycles. The van der Waals surface area contributed by atoms with E-state index in [4.69, 9.17) is 10.00 Å². The molecular formula is C22H31N3O4. The SMILES string of the molecule is CN(CCC#N)C(=O)COC(=O)C1CCCN1C(=O)C12CC3CC(CC(C3)C1)C2. The molecule has 5 aliphatic rings. The summed E-state index contributed by atoms with van der Waals surface area (Å²) >= 11 is 0. The molecule has 7 nitrogen and oxygen atoms in total. The van der Waals surface area contributed by atoms with Gasteiger partial charge in [-0.05, 0) is 69.1 Å². The second kappa shape index (κ2) is 7.97. The Balaban J connectivity index is 1.36. The van der Waals surface area contributed by atoms with Gasteiger partial charge in [0.05, 0.1) is 17.9 Å². The molecule has 4 saturated carbocycles. The Morgan fingerprint density at radius 3 is 2.34 bits per heavy atom. The number of likely N-dealkylation sites (tertiary alicyclic amines) is 1. The van der Waals surface area contributed by atoms with Crippen LogP contribution in [0.5, 0.6) is 0 Å². The average Bonchev–Trinajstić information content (AvgIpc) is 3.18. The molecule has 1 unspecified atom stereocenters. The van der Waals surface area contributed by atoms with Crippen molar-refractivity contribution in [3.05, 3.63) is 0 Å². The van der Waals surface area contributed by atoms with Crippen molar-refractivity contribution in [1.29, 1.82) is 5.26 Å². The highest BCUT2D eigenvalue weighted by atomic mass is 16.5. The van der Waals surface area contributed by atoms with E-state index >= 15 is 0 Å². The van der Waals surface area contributed by atoms with Gasteiger partial charge in [0, 0.05) is 20.1 Å². The summed E-state index contributed by atoms with van der Waals surface area (Å²) in [6, 6.07) is 1.43. The van der Waals surface area contributed by atoms with E-state index in [0.717, 1.165) is 25.7 Å². The van der Waals surface area contributed by atoms with Crippen LogP contribution in [-0.4, -0.2) is 60.4 Å². The van der Waals surface area contributed by atoms with Gasteiger partial charge in [-0.1, -0.05) is 0 Å². The van der Waals surface area contributed by atoms with Gasteiger partial charge in [-0.3, -0.25) is 9.59 Å². The highest BCUT2D eigenvalue weighted by Crippen LogP contribution is 2.60. The van der Waals surface area contributed by atoms with Crippen molar-refractivity contribution < 1.29 is 19.1 Å². The van der Waals surface area contributed by atoms with Crippen LogP contribution in [0.4, 0.5) is 0 Å². The summed E-state index contributed by atoms with van der Waals surface area (Å²) < 4.78 is 5.28. The predicted molar refractivity (Wildman–Crippen MR) is 104 cm³/mol. The van der Waals surface area contributed by atoms with Crippen LogP contribution in [0, 0.1) is 34.5 Å². The minimum Gasteiger partial charge on any atom is -0.454 e. The van der Waals surface area contributed by atoms with Gasteiger partial charge in [-0.15, -0.1) is 0 Å². The number of hydrogen-bond donors (Lipinski definition) is 0. The maximum absolute atomic E-state index is 13.6. The standard InChI is InChI=1S/C22H31N3O4/c1-24(6-3-5-23)19(26)14-29-20(27)18-4-2-7-25(18)21(28)22-11-15-8-16(12-22)10-17(9-15)13-22/h15-18H,2-4,6-14H2,1H3. The van der Waals surface area contributed by atoms with E-state index in [1.165, 1.54) is 24.2 Å². The Labute approximate surface area is 172 Å². The number of amides is 2. The van der Waals surface area contributed by atoms with E-state index in [-0.39, 0.29) is 30.3 Å². The van der Waals surface area contributed by atoms with E-state index in [2.05, 4.69) is 0 Å². The zero-order valence-corrected chi connectivity index (χ0v) is 17.3. The van der Waals surface area contributed by atoms with Crippen LogP contribution < -0.4 is 0 Å². The van der Waals surface area contributed by atoms with Crippen LogP contribution in [0.1, 0.15) is 57.8 Å². The molecule has 0 radical (unpaired) electrons. The first-order chi connectivity index (χ1) is 13.9. The first kappa shape index (κ1) is 20.2. The first-order valence-electron chi connectivity index (χ1n) is 11.0. The van der Waals surface area contributed by atoms with Crippen LogP contribution >= 0.6 is 0 Å². The third-order valence-electron chi connectivity index (χ3n) is 7.60. The number of likely N-dealkylation sites (N-methyl/N-ethyl adjacent to an activating group) is 1. The van der Waals surface area contributed by atoms with Crippen molar-refractivity contribution in [2.45, 2.75) is 63.8 Å². The normalized spacial score (nSPS) is 34.7. The Morgan fingerprint density at radius 2 is 1.76 bits per heavy atom. The van der Waals surface area contributed by atoms with Crippen LogP contribution in [0.2, 0.25) is 0 Å². The zero-order valence-electron chi connectivity index (χ0n) is 17.3. The second-order valence-corrected chi connectivity index (χ2v) is 9.69. The third-order valence-corrected chi connectivity index (χ3v) is 7.60. The number of nitriles is 1. The molecule has 1 saturated heterocycles. The molecule has 4 aliphatic carbocycles. The van der Waals surface area contributed by atoms with Crippen molar-refractivity contribution in [1.82, 2.24) is 9.80 Å². The molecule has 4 bridgehead atoms. The molecular weight excluding hydrogens is 370 g/mol. The molecule has 1 aliphatic heterocycles. The minimum atomic E-state index is -0.562. The monoisotopic (exact) mass is 401 g/mol. The number of carbonyl (C=O) groups is 3. The topological polar surface area (TPSA) is 90.7 Å². The maximum Gasteiger partial charge on any atom is 0.329 e. The summed E-state index contributed by atoms with van der Waals surface area (Å²) in [6.45, 7) is 0.583. The van der Waals surface area contributed by atoms with Crippen molar-refractivity contribution in [3.63, 3.8) is 0 Å². The molecule has 0 aromatic heterocycles. The lowest BCUT2D eigenvalue weighted by molar-refractivity contribution is -0.166. The van der Waals surface area contributed by atoms with Gasteiger partial charge in [0.15, 0.2) is 6.61 Å². The maximum atomic E-state index is 13.6. The smallest absolute Gasteiger partial charge is 0.329 e. The van der Waals surface area contributed by atoms with Gasteiger partial charge in [0.1, 0.15) is 6.04 Å². The molecule has 29 heavy (non-hydrogen) atoms. The van der Waals surface area contributed by atoms with Crippen LogP contribution in [0.3, 0.4) is 0 Å². The van der Waals surface area contributed by atoms with E-state index < -0.39 is 12.0 Å². The highest BCUT2D eigenvalue weighted by Gasteiger charge is 2.57. The lowest BCUT2D eigenvalue weighted by Gasteiger charge is -2.56. The summed E-state index contributed by atoms with van der Waals surface area (Å²) in [5.74, 6) is 1.40. The average molecular weight is 402 g/mol. The fourth-order valence-electron chi connectivity index (χ4n) is 6.61. The molecule has 0 spiro atoms. The molecule has 5 fully saturated rings. The summed E-state index contributed by atoms with van der Waals surface area (Å²) in [4.78, 5) is 41.5. The van der Waals surface area contributed by atoms with Crippen LogP contribution in [-0.2, 0) is 19.1 Å². The predicted octanol–water partition coefficient (Wildman–Crippen LogP) is 2.11. The largest absolute Gasteiger partial charge is 0.454 e. The van der Waals surface area contributed by atoms with Gasteiger partial charge in [-0.25, -0.2) is 4.79 Å². The Bertz CT molecular complexity index is 693. The molecule has 5 rings (SSSR count). The number of ether oxygens (including phenoxy) is 1. The van der Waals surface area contributed by atoms with Crippen molar-refractivity contribution in [3.8, 4) is 6.07 Å². The van der Waals surface area contributed by atoms with Crippen molar-refractivity contribution in [2.24, 2.45) is 23.2 Å². The van der Waals surface area contributed by atoms with Crippen molar-refractivity contribution in [2.75, 3.05) is 26.7 Å². The molecule has 7 heteroatoms. The molecule has 2 amide bonds. The number of hydrogen-bond acceptors (Lipinski definition) is 5. The van der Waals surface area contributed by atoms with E-state index in [1.807, 2.05) is 6.07 Å². The van der Waals surface area contributed by atoms with Crippen LogP contribution in [0.25, 0.3) is 0 Å². The lowest BCUT2D eigenvalue weighted by atomic mass is 9.49. The molecule has 0 aromatic rings. The Hall–Kier alpha value is -2.10. The Morgan fingerprint density at radius 1 is 1.14 bits per heavy atom. The summed E-state index contributed by atoms with van der Waals surface area (Å²) in [5, 5.41) is 8.62. The van der Waals surface area contributed by atoms with Crippen molar-refractivity contribution >= 4 is 17.8 Å². The molecule has 158 valence electrons. The molecule has 1 atom stereocenters. The first-order valence-corrected chi connectivity index (χ1v) is 11.0. The molecule has 0 aromatic carbocycles. The zero-order chi connectivity index (χ0) is 20.6. The highest BCUT2D eigenvalue weighted by molar-refractivity contribution is 5.90. The van der Waals surface area contributed by atoms with Gasteiger partial charge in [0.25, 0.3) is 5.91 Å². The van der Waals surface area contributed by atoms with E-state index in [1.54, 1.807) is 11.9 Å². The van der Waals surface area contributed by atoms with E-state index in [0.29, 0.717) is 37.3 Å². The Kier molecular flexibility index (Phi) is 5.54. The van der Waals surface area contributed by atoms with Gasteiger partial charge in [-0.2, -0.15) is 5.26 Å².